The molecule has 2 aromatic heterocycles. The molecule has 0 amide bonds. The molecule has 1 fully saturated rings. The Labute approximate surface area is 191 Å². The topological polar surface area (TPSA) is 105 Å². The van der Waals surface area contributed by atoms with Crippen LogP contribution in [0.25, 0.3) is 11.0 Å². The Morgan fingerprint density at radius 3 is 2.82 bits per heavy atom. The van der Waals surface area contributed by atoms with E-state index >= 15 is 0 Å². The summed E-state index contributed by atoms with van der Waals surface area (Å²) in [4.78, 5) is 52.1. The van der Waals surface area contributed by atoms with E-state index < -0.39 is 0 Å². The third kappa shape index (κ3) is 4.01. The van der Waals surface area contributed by atoms with Crippen LogP contribution in [-0.4, -0.2) is 46.4 Å². The summed E-state index contributed by atoms with van der Waals surface area (Å²) >= 11 is 0. The lowest BCUT2D eigenvalue weighted by molar-refractivity contribution is -0.148. The van der Waals surface area contributed by atoms with Crippen LogP contribution >= 0.6 is 0 Å². The lowest BCUT2D eigenvalue weighted by atomic mass is 9.79. The van der Waals surface area contributed by atoms with Crippen LogP contribution in [0.1, 0.15) is 53.6 Å². The third-order valence-corrected chi connectivity index (χ3v) is 6.63. The number of esters is 1. The van der Waals surface area contributed by atoms with E-state index in [4.69, 9.17) is 4.74 Å². The van der Waals surface area contributed by atoms with E-state index in [0.29, 0.717) is 60.6 Å². The number of ketones is 1. The minimum absolute atomic E-state index is 0.00344. The van der Waals surface area contributed by atoms with Gasteiger partial charge in [0.15, 0.2) is 11.4 Å². The van der Waals surface area contributed by atoms with Crippen molar-refractivity contribution < 1.29 is 14.3 Å². The first-order chi connectivity index (χ1) is 16.0. The fraction of sp³-hybridized carbons (Fsp3) is 0.400. The number of nitrogens with zero attached hydrogens (tertiary/aromatic N) is 3. The Morgan fingerprint density at radius 1 is 1.21 bits per heavy atom. The van der Waals surface area contributed by atoms with Crippen molar-refractivity contribution in [3.8, 4) is 0 Å². The van der Waals surface area contributed by atoms with Crippen molar-refractivity contribution in [3.05, 3.63) is 63.6 Å². The molecule has 0 radical (unpaired) electrons. The molecule has 33 heavy (non-hydrogen) atoms. The number of hydrogen-bond donors (Lipinski definition) is 1. The molecule has 1 aromatic carbocycles. The van der Waals surface area contributed by atoms with Gasteiger partial charge in [0.2, 0.25) is 5.95 Å². The van der Waals surface area contributed by atoms with Crippen molar-refractivity contribution in [1.82, 2.24) is 15.0 Å². The molecule has 3 heterocycles. The third-order valence-electron chi connectivity index (χ3n) is 6.63. The lowest BCUT2D eigenvalue weighted by Gasteiger charge is -2.32. The largest absolute Gasteiger partial charge is 0.466 e. The maximum absolute atomic E-state index is 13.2. The fourth-order valence-electron chi connectivity index (χ4n) is 4.99. The summed E-state index contributed by atoms with van der Waals surface area (Å²) in [6, 6.07) is 9.91. The number of aromatic amines is 1. The molecule has 170 valence electrons. The van der Waals surface area contributed by atoms with Gasteiger partial charge < -0.3 is 9.64 Å². The van der Waals surface area contributed by atoms with Crippen molar-refractivity contribution in [1.29, 1.82) is 0 Å². The second-order valence-corrected chi connectivity index (χ2v) is 8.71. The Hall–Kier alpha value is -3.55. The van der Waals surface area contributed by atoms with Gasteiger partial charge in [-0.05, 0) is 43.2 Å². The van der Waals surface area contributed by atoms with Crippen molar-refractivity contribution in [3.63, 3.8) is 0 Å². The Balaban J connectivity index is 1.50. The van der Waals surface area contributed by atoms with Crippen LogP contribution in [0.15, 0.2) is 41.3 Å². The molecule has 0 spiro atoms. The summed E-state index contributed by atoms with van der Waals surface area (Å²) in [7, 11) is 0. The molecule has 5 rings (SSSR count). The number of anilines is 1. The summed E-state index contributed by atoms with van der Waals surface area (Å²) < 4.78 is 5.18. The van der Waals surface area contributed by atoms with Crippen molar-refractivity contribution in [2.24, 2.45) is 5.92 Å². The van der Waals surface area contributed by atoms with E-state index in [1.54, 1.807) is 13.1 Å². The smallest absolute Gasteiger partial charge is 0.310 e. The minimum Gasteiger partial charge on any atom is -0.466 e. The highest BCUT2D eigenvalue weighted by Crippen LogP contribution is 2.34. The number of carbonyl (C=O) groups excluding carboxylic acids is 2. The van der Waals surface area contributed by atoms with Crippen LogP contribution in [0.5, 0.6) is 0 Å². The average molecular weight is 447 g/mol. The number of nitrogens with one attached hydrogen (secondary N) is 1. The van der Waals surface area contributed by atoms with Gasteiger partial charge in [0, 0.05) is 31.3 Å². The highest BCUT2D eigenvalue weighted by Gasteiger charge is 2.31. The van der Waals surface area contributed by atoms with Crippen molar-refractivity contribution >= 4 is 28.7 Å². The highest BCUT2D eigenvalue weighted by atomic mass is 16.5. The van der Waals surface area contributed by atoms with Gasteiger partial charge in [0.1, 0.15) is 0 Å². The first-order valence-electron chi connectivity index (χ1n) is 11.5. The second kappa shape index (κ2) is 8.77. The summed E-state index contributed by atoms with van der Waals surface area (Å²) in [5, 5.41) is 0.379. The van der Waals surface area contributed by atoms with Gasteiger partial charge in [0.05, 0.1) is 17.9 Å². The van der Waals surface area contributed by atoms with E-state index in [1.807, 2.05) is 35.2 Å². The van der Waals surface area contributed by atoms with Crippen molar-refractivity contribution in [2.75, 3.05) is 24.6 Å². The van der Waals surface area contributed by atoms with E-state index in [9.17, 15) is 14.4 Å². The quantitative estimate of drug-likeness (QED) is 0.614. The van der Waals surface area contributed by atoms with Crippen LogP contribution < -0.4 is 10.5 Å². The molecule has 1 N–H and O–H groups in total. The number of benzene rings is 1. The average Bonchev–Trinajstić information content (AvgIpc) is 2.84. The monoisotopic (exact) mass is 446 g/mol. The van der Waals surface area contributed by atoms with Crippen molar-refractivity contribution in [2.45, 2.75) is 38.5 Å². The molecule has 2 aliphatic rings. The number of pyridine rings is 1. The zero-order chi connectivity index (χ0) is 22.9. The van der Waals surface area contributed by atoms with Gasteiger partial charge in [-0.1, -0.05) is 30.3 Å². The van der Waals surface area contributed by atoms with Gasteiger partial charge in [-0.2, -0.15) is 4.98 Å². The zero-order valence-electron chi connectivity index (χ0n) is 18.5. The predicted octanol–water partition coefficient (Wildman–Crippen LogP) is 3.01. The summed E-state index contributed by atoms with van der Waals surface area (Å²) in [6.45, 7) is 3.26. The number of H-pyrrole nitrogens is 1. The predicted molar refractivity (Wildman–Crippen MR) is 124 cm³/mol. The fourth-order valence-corrected chi connectivity index (χ4v) is 4.99. The molecular formula is C25H26N4O4. The maximum atomic E-state index is 13.2. The maximum Gasteiger partial charge on any atom is 0.310 e. The van der Waals surface area contributed by atoms with Crippen LogP contribution in [-0.2, 0) is 16.0 Å². The number of Topliss-reactive ketones (excluding diaryl/α,β-unsaturated/α-hetero) is 1. The molecule has 0 bridgehead atoms. The number of carbonyl (C=O) groups is 2. The van der Waals surface area contributed by atoms with Gasteiger partial charge in [-0.3, -0.25) is 19.4 Å². The molecule has 1 aliphatic carbocycles. The number of hydrogen-bond acceptors (Lipinski definition) is 7. The Morgan fingerprint density at radius 2 is 2.03 bits per heavy atom. The van der Waals surface area contributed by atoms with E-state index in [-0.39, 0.29) is 29.1 Å². The molecule has 1 aliphatic heterocycles. The first kappa shape index (κ1) is 21.3. The number of piperidine rings is 1. The summed E-state index contributed by atoms with van der Waals surface area (Å²) in [5.41, 5.74) is 2.33. The lowest BCUT2D eigenvalue weighted by Crippen LogP contribution is -2.41. The number of rotatable bonds is 4. The molecule has 1 saturated heterocycles. The molecule has 2 atom stereocenters. The molecule has 0 unspecified atom stereocenters. The Bertz CT molecular complexity index is 1270. The van der Waals surface area contributed by atoms with Crippen LogP contribution in [0.4, 0.5) is 5.95 Å². The minimum atomic E-state index is -0.306. The van der Waals surface area contributed by atoms with E-state index in [1.165, 1.54) is 0 Å². The molecule has 8 heteroatoms. The van der Waals surface area contributed by atoms with Gasteiger partial charge in [-0.15, -0.1) is 0 Å². The first-order valence-corrected chi connectivity index (χ1v) is 11.5. The van der Waals surface area contributed by atoms with Gasteiger partial charge in [-0.25, -0.2) is 4.98 Å². The highest BCUT2D eigenvalue weighted by molar-refractivity contribution is 6.02. The molecule has 0 saturated carbocycles. The van der Waals surface area contributed by atoms with Crippen LogP contribution in [0.3, 0.4) is 0 Å². The molecule has 3 aromatic rings. The SMILES string of the molecule is CCOC(=O)[C@@H]1CCCN(c2nc3ncc4c(c3c(=O)[nH]2)C[C@H](c2ccccc2)CC4=O)C1. The zero-order valence-corrected chi connectivity index (χ0v) is 18.5. The summed E-state index contributed by atoms with van der Waals surface area (Å²) in [6.07, 6.45) is 4.09. The molecule has 8 nitrogen and oxygen atoms in total. The van der Waals surface area contributed by atoms with Crippen LogP contribution in [0.2, 0.25) is 0 Å². The van der Waals surface area contributed by atoms with Crippen LogP contribution in [0, 0.1) is 5.92 Å². The standard InChI is InChI=1S/C25H26N4O4/c1-2-33-24(32)16-9-6-10-29(14-16)25-27-22-21(23(31)28-25)18-11-17(15-7-4-3-5-8-15)12-20(30)19(18)13-26-22/h3-5,7-8,13,16-17H,2,6,9-12,14H2,1H3,(H,26,27,28,31)/t16-,17+/m1/s1. The number of fused-ring (bicyclic) bond motifs is 3. The Kier molecular flexibility index (Phi) is 5.66. The van der Waals surface area contributed by atoms with Gasteiger partial charge in [0.25, 0.3) is 5.56 Å². The second-order valence-electron chi connectivity index (χ2n) is 8.71. The van der Waals surface area contributed by atoms with E-state index in [0.717, 1.165) is 18.4 Å². The molecular weight excluding hydrogens is 420 g/mol. The summed E-state index contributed by atoms with van der Waals surface area (Å²) in [5.74, 6) is -0.0567. The number of aromatic nitrogens is 3. The van der Waals surface area contributed by atoms with Gasteiger partial charge >= 0.3 is 5.97 Å². The van der Waals surface area contributed by atoms with E-state index in [2.05, 4.69) is 15.0 Å². The normalized spacial score (nSPS) is 20.5. The number of ether oxygens (including phenoxy) is 1.